The zero-order valence-corrected chi connectivity index (χ0v) is 19.9. The van der Waals surface area contributed by atoms with Gasteiger partial charge in [0.05, 0.1) is 0 Å². The lowest BCUT2D eigenvalue weighted by atomic mass is 9.77. The molecule has 4 rings (SSSR count). The average Bonchev–Trinajstić information content (AvgIpc) is 2.89. The maximum absolute atomic E-state index is 13.4. The number of nitrogens with zero attached hydrogens (tertiary/aromatic N) is 1. The SMILES string of the molecule is C=CC[C@H]1C[C@@H](c2cccc(OCc3ccccc3)c2)[C@@H](C)CN1C(=O)C(=C)c1ccccc1. The quantitative estimate of drug-likeness (QED) is 0.276. The van der Waals surface area contributed by atoms with Crippen LogP contribution in [-0.4, -0.2) is 23.4 Å². The van der Waals surface area contributed by atoms with Crippen LogP contribution in [0.5, 0.6) is 5.75 Å². The number of amides is 1. The maximum atomic E-state index is 13.4. The molecule has 1 aliphatic rings. The number of piperidine rings is 1. The molecule has 174 valence electrons. The van der Waals surface area contributed by atoms with Crippen molar-refractivity contribution in [3.63, 3.8) is 0 Å². The molecule has 3 nitrogen and oxygen atoms in total. The molecule has 0 aliphatic carbocycles. The highest BCUT2D eigenvalue weighted by Gasteiger charge is 2.36. The largest absolute Gasteiger partial charge is 0.489 e. The molecule has 0 unspecified atom stereocenters. The third-order valence-corrected chi connectivity index (χ3v) is 6.75. The van der Waals surface area contributed by atoms with Crippen molar-refractivity contribution in [2.75, 3.05) is 6.54 Å². The number of hydrogen-bond donors (Lipinski definition) is 0. The van der Waals surface area contributed by atoms with Gasteiger partial charge < -0.3 is 9.64 Å². The molecule has 3 aromatic carbocycles. The highest BCUT2D eigenvalue weighted by molar-refractivity contribution is 6.18. The Morgan fingerprint density at radius 2 is 1.74 bits per heavy atom. The van der Waals surface area contributed by atoms with E-state index < -0.39 is 0 Å². The van der Waals surface area contributed by atoms with Crippen LogP contribution < -0.4 is 4.74 Å². The second-order valence-corrected chi connectivity index (χ2v) is 9.15. The molecule has 34 heavy (non-hydrogen) atoms. The van der Waals surface area contributed by atoms with Crippen molar-refractivity contribution in [3.8, 4) is 5.75 Å². The molecule has 0 aromatic heterocycles. The predicted molar refractivity (Wildman–Crippen MR) is 140 cm³/mol. The minimum absolute atomic E-state index is 0.0169. The normalized spacial score (nSPS) is 19.9. The van der Waals surface area contributed by atoms with Crippen molar-refractivity contribution in [2.45, 2.75) is 38.3 Å². The Kier molecular flexibility index (Phi) is 7.64. The topological polar surface area (TPSA) is 29.5 Å². The average molecular weight is 452 g/mol. The molecule has 0 radical (unpaired) electrons. The monoisotopic (exact) mass is 451 g/mol. The Bertz CT molecular complexity index is 1120. The zero-order valence-electron chi connectivity index (χ0n) is 19.9. The second-order valence-electron chi connectivity index (χ2n) is 9.15. The molecular weight excluding hydrogens is 418 g/mol. The zero-order chi connectivity index (χ0) is 23.9. The van der Waals surface area contributed by atoms with Gasteiger partial charge in [-0.3, -0.25) is 4.79 Å². The second kappa shape index (κ2) is 11.0. The Balaban J connectivity index is 1.49. The molecular formula is C31H33NO2. The van der Waals surface area contributed by atoms with Gasteiger partial charge in [-0.15, -0.1) is 6.58 Å². The van der Waals surface area contributed by atoms with Crippen LogP contribution in [0, 0.1) is 5.92 Å². The molecule has 0 bridgehead atoms. The highest BCUT2D eigenvalue weighted by atomic mass is 16.5. The molecule has 1 saturated heterocycles. The van der Waals surface area contributed by atoms with Gasteiger partial charge in [-0.25, -0.2) is 0 Å². The molecule has 0 saturated carbocycles. The summed E-state index contributed by atoms with van der Waals surface area (Å²) in [4.78, 5) is 15.4. The van der Waals surface area contributed by atoms with E-state index in [0.29, 0.717) is 30.6 Å². The predicted octanol–water partition coefficient (Wildman–Crippen LogP) is 6.88. The van der Waals surface area contributed by atoms with E-state index in [1.54, 1.807) is 0 Å². The first-order valence-corrected chi connectivity index (χ1v) is 12.0. The van der Waals surface area contributed by atoms with Crippen molar-refractivity contribution >= 4 is 11.5 Å². The van der Waals surface area contributed by atoms with Gasteiger partial charge in [0.25, 0.3) is 5.91 Å². The van der Waals surface area contributed by atoms with E-state index in [4.69, 9.17) is 4.74 Å². The van der Waals surface area contributed by atoms with Crippen molar-refractivity contribution in [1.82, 2.24) is 4.90 Å². The van der Waals surface area contributed by atoms with E-state index in [9.17, 15) is 4.79 Å². The Labute approximate surface area is 203 Å². The van der Waals surface area contributed by atoms with E-state index in [-0.39, 0.29) is 11.9 Å². The summed E-state index contributed by atoms with van der Waals surface area (Å²) in [6.07, 6.45) is 3.58. The van der Waals surface area contributed by atoms with Gasteiger partial charge in [-0.2, -0.15) is 0 Å². The molecule has 0 N–H and O–H groups in total. The fourth-order valence-corrected chi connectivity index (χ4v) is 4.88. The smallest absolute Gasteiger partial charge is 0.254 e. The van der Waals surface area contributed by atoms with Gasteiger partial charge in [0.1, 0.15) is 12.4 Å². The standard InChI is InChI=1S/C31H33NO2/c1-4-12-28-20-30(23(2)21-32(28)31(33)24(3)26-15-9-6-10-16-26)27-17-11-18-29(19-27)34-22-25-13-7-5-8-14-25/h4-11,13-19,23,28,30H,1,3,12,20-22H2,2H3/t23-,28-,30+/m0/s1. The van der Waals surface area contributed by atoms with Crippen LogP contribution in [0.3, 0.4) is 0 Å². The van der Waals surface area contributed by atoms with Crippen molar-refractivity contribution in [3.05, 3.63) is 121 Å². The van der Waals surface area contributed by atoms with Crippen LogP contribution in [0.2, 0.25) is 0 Å². The molecule has 1 aliphatic heterocycles. The number of rotatable bonds is 8. The summed E-state index contributed by atoms with van der Waals surface area (Å²) in [6, 6.07) is 28.5. The number of ether oxygens (including phenoxy) is 1. The van der Waals surface area contributed by atoms with Gasteiger partial charge in [-0.1, -0.05) is 92.4 Å². The first kappa shape index (κ1) is 23.6. The third-order valence-electron chi connectivity index (χ3n) is 6.75. The molecule has 1 fully saturated rings. The summed E-state index contributed by atoms with van der Waals surface area (Å²) in [7, 11) is 0. The molecule has 1 heterocycles. The summed E-state index contributed by atoms with van der Waals surface area (Å²) in [5.41, 5.74) is 3.85. The van der Waals surface area contributed by atoms with Crippen LogP contribution in [0.1, 0.15) is 42.4 Å². The van der Waals surface area contributed by atoms with E-state index in [0.717, 1.165) is 29.7 Å². The number of hydrogen-bond acceptors (Lipinski definition) is 2. The minimum Gasteiger partial charge on any atom is -0.489 e. The number of likely N-dealkylation sites (tertiary alicyclic amines) is 1. The fraction of sp³-hybridized carbons (Fsp3) is 0.258. The van der Waals surface area contributed by atoms with Crippen molar-refractivity contribution in [1.29, 1.82) is 0 Å². The molecule has 0 spiro atoms. The summed E-state index contributed by atoms with van der Waals surface area (Å²) < 4.78 is 6.08. The molecule has 3 atom stereocenters. The Hall–Kier alpha value is -3.59. The Morgan fingerprint density at radius 3 is 2.44 bits per heavy atom. The van der Waals surface area contributed by atoms with E-state index in [2.05, 4.69) is 50.4 Å². The summed E-state index contributed by atoms with van der Waals surface area (Å²) >= 11 is 0. The van der Waals surface area contributed by atoms with E-state index in [1.807, 2.05) is 65.6 Å². The van der Waals surface area contributed by atoms with Crippen molar-refractivity contribution in [2.24, 2.45) is 5.92 Å². The van der Waals surface area contributed by atoms with Gasteiger partial charge in [0, 0.05) is 18.2 Å². The Morgan fingerprint density at radius 1 is 1.03 bits per heavy atom. The number of carbonyl (C=O) groups is 1. The lowest BCUT2D eigenvalue weighted by molar-refractivity contribution is -0.129. The van der Waals surface area contributed by atoms with Crippen LogP contribution in [-0.2, 0) is 11.4 Å². The number of benzene rings is 3. The lowest BCUT2D eigenvalue weighted by Crippen LogP contribution is -2.49. The highest BCUT2D eigenvalue weighted by Crippen LogP contribution is 2.39. The molecule has 3 heteroatoms. The maximum Gasteiger partial charge on any atom is 0.254 e. The summed E-state index contributed by atoms with van der Waals surface area (Å²) in [5.74, 6) is 1.56. The molecule has 3 aromatic rings. The van der Waals surface area contributed by atoms with E-state index >= 15 is 0 Å². The first-order chi connectivity index (χ1) is 16.6. The van der Waals surface area contributed by atoms with Crippen molar-refractivity contribution < 1.29 is 9.53 Å². The van der Waals surface area contributed by atoms with Gasteiger partial charge >= 0.3 is 0 Å². The lowest BCUT2D eigenvalue weighted by Gasteiger charge is -2.43. The van der Waals surface area contributed by atoms with Gasteiger partial charge in [-0.05, 0) is 53.5 Å². The van der Waals surface area contributed by atoms with Crippen LogP contribution >= 0.6 is 0 Å². The summed E-state index contributed by atoms with van der Waals surface area (Å²) in [5, 5.41) is 0. The van der Waals surface area contributed by atoms with E-state index in [1.165, 1.54) is 5.56 Å². The number of carbonyl (C=O) groups excluding carboxylic acids is 1. The first-order valence-electron chi connectivity index (χ1n) is 12.0. The van der Waals surface area contributed by atoms with Crippen LogP contribution in [0.25, 0.3) is 5.57 Å². The fourth-order valence-electron chi connectivity index (χ4n) is 4.88. The molecule has 1 amide bonds. The third kappa shape index (κ3) is 5.48. The van der Waals surface area contributed by atoms with Crippen LogP contribution in [0.4, 0.5) is 0 Å². The van der Waals surface area contributed by atoms with Gasteiger partial charge in [0.2, 0.25) is 0 Å². The van der Waals surface area contributed by atoms with Gasteiger partial charge in [0.15, 0.2) is 0 Å². The summed E-state index contributed by atoms with van der Waals surface area (Å²) in [6.45, 7) is 11.6. The minimum atomic E-state index is 0.0169. The van der Waals surface area contributed by atoms with Crippen LogP contribution in [0.15, 0.2) is 104 Å².